The summed E-state index contributed by atoms with van der Waals surface area (Å²) >= 11 is 0. The van der Waals surface area contributed by atoms with Gasteiger partial charge in [0.2, 0.25) is 0 Å². The van der Waals surface area contributed by atoms with E-state index in [1.54, 1.807) is 6.92 Å². The Labute approximate surface area is 76.3 Å². The highest BCUT2D eigenvalue weighted by Crippen LogP contribution is 2.05. The first kappa shape index (κ1) is 9.73. The van der Waals surface area contributed by atoms with E-state index in [-0.39, 0.29) is 11.9 Å². The Hall–Kier alpha value is -1.36. The molecule has 0 aliphatic carbocycles. The molecule has 0 spiro atoms. The minimum Gasteiger partial charge on any atom is -0.361 e. The summed E-state index contributed by atoms with van der Waals surface area (Å²) in [6.07, 6.45) is 1.40. The fourth-order valence-electron chi connectivity index (χ4n) is 0.877. The van der Waals surface area contributed by atoms with Gasteiger partial charge in [0.05, 0.1) is 6.20 Å². The van der Waals surface area contributed by atoms with Crippen molar-refractivity contribution in [3.8, 4) is 0 Å². The number of carbonyl (C=O) groups is 1. The van der Waals surface area contributed by atoms with E-state index in [1.165, 1.54) is 6.20 Å². The maximum Gasteiger partial charge on any atom is 0.256 e. The monoisotopic (exact) mass is 183 g/mol. The molecule has 0 fully saturated rings. The lowest BCUT2D eigenvalue weighted by Crippen LogP contribution is -2.37. The molecule has 1 heterocycles. The van der Waals surface area contributed by atoms with Crippen LogP contribution in [0.5, 0.6) is 0 Å². The van der Waals surface area contributed by atoms with Crippen LogP contribution in [0.25, 0.3) is 0 Å². The third-order valence-corrected chi connectivity index (χ3v) is 1.73. The third kappa shape index (κ3) is 2.29. The number of aromatic nitrogens is 1. The van der Waals surface area contributed by atoms with E-state index in [9.17, 15) is 4.79 Å². The first-order valence-electron chi connectivity index (χ1n) is 4.07. The van der Waals surface area contributed by atoms with E-state index in [0.29, 0.717) is 17.9 Å². The molecule has 1 amide bonds. The van der Waals surface area contributed by atoms with Gasteiger partial charge in [-0.15, -0.1) is 0 Å². The van der Waals surface area contributed by atoms with Crippen molar-refractivity contribution in [1.82, 2.24) is 10.5 Å². The summed E-state index contributed by atoms with van der Waals surface area (Å²) in [5.41, 5.74) is 5.82. The normalized spacial score (nSPS) is 12.5. The first-order valence-corrected chi connectivity index (χ1v) is 4.07. The molecule has 72 valence electrons. The van der Waals surface area contributed by atoms with Crippen LogP contribution in [0, 0.1) is 6.92 Å². The maximum atomic E-state index is 11.4. The zero-order valence-electron chi connectivity index (χ0n) is 7.70. The van der Waals surface area contributed by atoms with E-state index < -0.39 is 0 Å². The summed E-state index contributed by atoms with van der Waals surface area (Å²) in [6, 6.07) is -0.0400. The SMILES string of the molecule is Cc1oncc1C(=O)NC(C)CN. The number of hydrogen-bond donors (Lipinski definition) is 2. The van der Waals surface area contributed by atoms with Gasteiger partial charge < -0.3 is 15.6 Å². The standard InChI is InChI=1S/C8H13N3O2/c1-5(3-9)11-8(12)7-4-10-13-6(7)2/h4-5H,3,9H2,1-2H3,(H,11,12). The molecule has 5 heteroatoms. The Kier molecular flexibility index (Phi) is 3.02. The Morgan fingerprint density at radius 1 is 1.85 bits per heavy atom. The number of nitrogens with one attached hydrogen (secondary N) is 1. The molecule has 0 saturated heterocycles. The van der Waals surface area contributed by atoms with E-state index in [2.05, 4.69) is 10.5 Å². The Morgan fingerprint density at radius 3 is 3.00 bits per heavy atom. The van der Waals surface area contributed by atoms with Gasteiger partial charge in [-0.25, -0.2) is 0 Å². The zero-order valence-corrected chi connectivity index (χ0v) is 7.70. The number of nitrogens with two attached hydrogens (primary N) is 1. The van der Waals surface area contributed by atoms with Crippen molar-refractivity contribution in [1.29, 1.82) is 0 Å². The molecule has 1 rings (SSSR count). The van der Waals surface area contributed by atoms with Crippen molar-refractivity contribution in [2.24, 2.45) is 5.73 Å². The number of nitrogens with zero attached hydrogens (tertiary/aromatic N) is 1. The number of hydrogen-bond acceptors (Lipinski definition) is 4. The van der Waals surface area contributed by atoms with Gasteiger partial charge in [-0.1, -0.05) is 5.16 Å². The fraction of sp³-hybridized carbons (Fsp3) is 0.500. The molecule has 13 heavy (non-hydrogen) atoms. The molecule has 1 unspecified atom stereocenters. The molecule has 1 atom stereocenters. The zero-order chi connectivity index (χ0) is 9.84. The summed E-state index contributed by atoms with van der Waals surface area (Å²) < 4.78 is 4.76. The highest BCUT2D eigenvalue weighted by molar-refractivity contribution is 5.94. The van der Waals surface area contributed by atoms with E-state index in [1.807, 2.05) is 6.92 Å². The van der Waals surface area contributed by atoms with Crippen molar-refractivity contribution in [2.45, 2.75) is 19.9 Å². The lowest BCUT2D eigenvalue weighted by Gasteiger charge is -2.09. The quantitative estimate of drug-likeness (QED) is 0.694. The topological polar surface area (TPSA) is 81.2 Å². The Balaban J connectivity index is 2.64. The molecule has 0 saturated carbocycles. The molecule has 1 aromatic rings. The van der Waals surface area contributed by atoms with Crippen molar-refractivity contribution < 1.29 is 9.32 Å². The largest absolute Gasteiger partial charge is 0.361 e. The van der Waals surface area contributed by atoms with Crippen LogP contribution in [-0.4, -0.2) is 23.7 Å². The van der Waals surface area contributed by atoms with Crippen LogP contribution < -0.4 is 11.1 Å². The van der Waals surface area contributed by atoms with Gasteiger partial charge in [-0.3, -0.25) is 4.79 Å². The molecule has 1 aromatic heterocycles. The van der Waals surface area contributed by atoms with E-state index >= 15 is 0 Å². The van der Waals surface area contributed by atoms with Crippen LogP contribution >= 0.6 is 0 Å². The van der Waals surface area contributed by atoms with Crippen LogP contribution in [-0.2, 0) is 0 Å². The predicted molar refractivity (Wildman–Crippen MR) is 47.2 cm³/mol. The van der Waals surface area contributed by atoms with Gasteiger partial charge >= 0.3 is 0 Å². The van der Waals surface area contributed by atoms with Crippen LogP contribution in [0.1, 0.15) is 23.0 Å². The van der Waals surface area contributed by atoms with Gasteiger partial charge in [-0.05, 0) is 13.8 Å². The smallest absolute Gasteiger partial charge is 0.256 e. The van der Waals surface area contributed by atoms with Gasteiger partial charge in [0.1, 0.15) is 11.3 Å². The van der Waals surface area contributed by atoms with Crippen molar-refractivity contribution in [3.63, 3.8) is 0 Å². The number of carbonyl (C=O) groups excluding carboxylic acids is 1. The molecular formula is C8H13N3O2. The highest BCUT2D eigenvalue weighted by atomic mass is 16.5. The minimum absolute atomic E-state index is 0.0400. The molecule has 3 N–H and O–H groups in total. The summed E-state index contributed by atoms with van der Waals surface area (Å²) in [5.74, 6) is 0.318. The second-order valence-corrected chi connectivity index (χ2v) is 2.91. The average Bonchev–Trinajstić information content (AvgIpc) is 2.51. The van der Waals surface area contributed by atoms with Crippen LogP contribution in [0.4, 0.5) is 0 Å². The Morgan fingerprint density at radius 2 is 2.54 bits per heavy atom. The average molecular weight is 183 g/mol. The maximum absolute atomic E-state index is 11.4. The van der Waals surface area contributed by atoms with Crippen LogP contribution in [0.15, 0.2) is 10.7 Å². The Bertz CT molecular complexity index is 295. The first-order chi connectivity index (χ1) is 6.15. The molecule has 0 aliphatic heterocycles. The summed E-state index contributed by atoms with van der Waals surface area (Å²) in [7, 11) is 0. The van der Waals surface area contributed by atoms with E-state index in [0.717, 1.165) is 0 Å². The molecule has 0 bridgehead atoms. The fourth-order valence-corrected chi connectivity index (χ4v) is 0.877. The number of aryl methyl sites for hydroxylation is 1. The predicted octanol–water partition coefficient (Wildman–Crippen LogP) is 0.0600. The molecule has 0 radical (unpaired) electrons. The minimum atomic E-state index is -0.197. The van der Waals surface area contributed by atoms with E-state index in [4.69, 9.17) is 10.3 Å². The van der Waals surface area contributed by atoms with Gasteiger partial charge in [-0.2, -0.15) is 0 Å². The van der Waals surface area contributed by atoms with Gasteiger partial charge in [0.25, 0.3) is 5.91 Å². The highest BCUT2D eigenvalue weighted by Gasteiger charge is 2.13. The van der Waals surface area contributed by atoms with Crippen LogP contribution in [0.3, 0.4) is 0 Å². The second-order valence-electron chi connectivity index (χ2n) is 2.91. The lowest BCUT2D eigenvalue weighted by atomic mass is 10.2. The lowest BCUT2D eigenvalue weighted by molar-refractivity contribution is 0.0940. The van der Waals surface area contributed by atoms with Crippen molar-refractivity contribution >= 4 is 5.91 Å². The summed E-state index contributed by atoms with van der Waals surface area (Å²) in [6.45, 7) is 3.94. The van der Waals surface area contributed by atoms with Gasteiger partial charge in [0.15, 0.2) is 0 Å². The molecule has 0 aliphatic rings. The third-order valence-electron chi connectivity index (χ3n) is 1.73. The number of rotatable bonds is 3. The summed E-state index contributed by atoms with van der Waals surface area (Å²) in [4.78, 5) is 11.4. The van der Waals surface area contributed by atoms with Gasteiger partial charge in [0, 0.05) is 12.6 Å². The second kappa shape index (κ2) is 4.04. The summed E-state index contributed by atoms with van der Waals surface area (Å²) in [5, 5.41) is 6.22. The van der Waals surface area contributed by atoms with Crippen molar-refractivity contribution in [2.75, 3.05) is 6.54 Å². The number of amides is 1. The molecule has 0 aromatic carbocycles. The van der Waals surface area contributed by atoms with Crippen LogP contribution in [0.2, 0.25) is 0 Å². The molecular weight excluding hydrogens is 170 g/mol. The molecule has 5 nitrogen and oxygen atoms in total. The van der Waals surface area contributed by atoms with Crippen molar-refractivity contribution in [3.05, 3.63) is 17.5 Å².